The Morgan fingerprint density at radius 1 is 1.00 bits per heavy atom. The zero-order valence-corrected chi connectivity index (χ0v) is 20.1. The van der Waals surface area contributed by atoms with Gasteiger partial charge in [0.25, 0.3) is 5.56 Å². The number of methoxy groups -OCH3 is 1. The molecule has 9 nitrogen and oxygen atoms in total. The second-order valence-electron chi connectivity index (χ2n) is 8.33. The van der Waals surface area contributed by atoms with Crippen LogP contribution in [0.3, 0.4) is 0 Å². The largest absolute Gasteiger partial charge is 0.497 e. The quantitative estimate of drug-likeness (QED) is 0.372. The highest BCUT2D eigenvalue weighted by Gasteiger charge is 2.25. The van der Waals surface area contributed by atoms with E-state index in [4.69, 9.17) is 4.74 Å². The predicted molar refractivity (Wildman–Crippen MR) is 131 cm³/mol. The zero-order chi connectivity index (χ0) is 23.5. The van der Waals surface area contributed by atoms with Crippen molar-refractivity contribution in [3.63, 3.8) is 0 Å². The molecule has 0 spiro atoms. The van der Waals surface area contributed by atoms with Gasteiger partial charge in [-0.2, -0.15) is 4.68 Å². The minimum atomic E-state index is -0.171. The molecule has 1 atom stereocenters. The van der Waals surface area contributed by atoms with Crippen LogP contribution in [0.2, 0.25) is 0 Å². The van der Waals surface area contributed by atoms with E-state index < -0.39 is 0 Å². The fourth-order valence-electron chi connectivity index (χ4n) is 4.32. The van der Waals surface area contributed by atoms with Crippen LogP contribution in [0.4, 0.5) is 0 Å². The number of hydrogen-bond acceptors (Lipinski definition) is 8. The third-order valence-corrected chi connectivity index (χ3v) is 7.14. The van der Waals surface area contributed by atoms with Crippen molar-refractivity contribution in [1.29, 1.82) is 0 Å². The summed E-state index contributed by atoms with van der Waals surface area (Å²) in [6.45, 7) is 4.30. The molecule has 0 N–H and O–H groups in total. The first-order valence-electron chi connectivity index (χ1n) is 11.4. The molecular formula is C24H27N7O2S. The lowest BCUT2D eigenvalue weighted by Gasteiger charge is -2.31. The maximum absolute atomic E-state index is 12.9. The second kappa shape index (κ2) is 9.94. The lowest BCUT2D eigenvalue weighted by atomic mass is 10.1. The van der Waals surface area contributed by atoms with Gasteiger partial charge in [-0.05, 0) is 69.3 Å². The van der Waals surface area contributed by atoms with Gasteiger partial charge in [0, 0.05) is 5.69 Å². The number of aromatic nitrogens is 6. The SMILES string of the molecule is COc1ccc(-n2c(SCn3nnc4ccccc4c3=O)nnc2[C@@H](C)N2CCCCC2)cc1. The Bertz CT molecular complexity index is 1330. The summed E-state index contributed by atoms with van der Waals surface area (Å²) in [6, 6.07) is 15.2. The van der Waals surface area contributed by atoms with Gasteiger partial charge in [-0.1, -0.05) is 35.5 Å². The Labute approximate surface area is 201 Å². The molecule has 1 aliphatic heterocycles. The van der Waals surface area contributed by atoms with E-state index in [0.29, 0.717) is 16.1 Å². The molecule has 4 aromatic rings. The molecule has 0 saturated carbocycles. The van der Waals surface area contributed by atoms with E-state index in [-0.39, 0.29) is 17.5 Å². The van der Waals surface area contributed by atoms with Gasteiger partial charge in [-0.15, -0.1) is 15.3 Å². The van der Waals surface area contributed by atoms with Crippen molar-refractivity contribution in [3.8, 4) is 11.4 Å². The summed E-state index contributed by atoms with van der Waals surface area (Å²) in [5.74, 6) is 1.95. The topological polar surface area (TPSA) is 91.0 Å². The molecule has 3 heterocycles. The molecule has 2 aromatic carbocycles. The van der Waals surface area contributed by atoms with E-state index in [9.17, 15) is 4.79 Å². The first-order chi connectivity index (χ1) is 16.7. The van der Waals surface area contributed by atoms with Crippen molar-refractivity contribution in [3.05, 3.63) is 64.7 Å². The summed E-state index contributed by atoms with van der Waals surface area (Å²) in [7, 11) is 1.65. The Morgan fingerprint density at radius 2 is 1.76 bits per heavy atom. The second-order valence-corrected chi connectivity index (χ2v) is 9.24. The number of ether oxygens (including phenoxy) is 1. The first kappa shape index (κ1) is 22.5. The van der Waals surface area contributed by atoms with Gasteiger partial charge in [0.2, 0.25) is 0 Å². The number of hydrogen-bond donors (Lipinski definition) is 0. The van der Waals surface area contributed by atoms with Crippen molar-refractivity contribution in [1.82, 2.24) is 34.7 Å². The number of rotatable bonds is 7. The van der Waals surface area contributed by atoms with Crippen LogP contribution in [0, 0.1) is 0 Å². The summed E-state index contributed by atoms with van der Waals surface area (Å²) >= 11 is 1.41. The number of nitrogens with zero attached hydrogens (tertiary/aromatic N) is 7. The van der Waals surface area contributed by atoms with Gasteiger partial charge in [0.1, 0.15) is 11.3 Å². The Hall–Kier alpha value is -3.24. The molecule has 34 heavy (non-hydrogen) atoms. The molecule has 10 heteroatoms. The first-order valence-corrected chi connectivity index (χ1v) is 12.4. The average Bonchev–Trinajstić information content (AvgIpc) is 3.32. The molecule has 2 aromatic heterocycles. The summed E-state index contributed by atoms with van der Waals surface area (Å²) in [5, 5.41) is 18.7. The number of piperidine rings is 1. The van der Waals surface area contributed by atoms with Crippen LogP contribution in [0.5, 0.6) is 5.75 Å². The molecule has 1 saturated heterocycles. The molecule has 176 valence electrons. The fraction of sp³-hybridized carbons (Fsp3) is 0.375. The highest BCUT2D eigenvalue weighted by atomic mass is 32.2. The van der Waals surface area contributed by atoms with Crippen LogP contribution < -0.4 is 10.3 Å². The van der Waals surface area contributed by atoms with E-state index >= 15 is 0 Å². The molecule has 1 aliphatic rings. The normalized spacial score (nSPS) is 15.5. The molecular weight excluding hydrogens is 450 g/mol. The van der Waals surface area contributed by atoms with Crippen molar-refractivity contribution >= 4 is 22.7 Å². The van der Waals surface area contributed by atoms with Gasteiger partial charge < -0.3 is 4.74 Å². The third-order valence-electron chi connectivity index (χ3n) is 6.25. The van der Waals surface area contributed by atoms with Crippen LogP contribution in [0.25, 0.3) is 16.6 Å². The van der Waals surface area contributed by atoms with Gasteiger partial charge in [0.15, 0.2) is 11.0 Å². The lowest BCUT2D eigenvalue weighted by molar-refractivity contribution is 0.167. The molecule has 0 unspecified atom stereocenters. The number of thioether (sulfide) groups is 1. The Kier molecular flexibility index (Phi) is 6.59. The van der Waals surface area contributed by atoms with Gasteiger partial charge in [-0.25, -0.2) is 0 Å². The van der Waals surface area contributed by atoms with Crippen LogP contribution in [0.15, 0.2) is 58.5 Å². The van der Waals surface area contributed by atoms with E-state index in [0.717, 1.165) is 30.4 Å². The summed E-state index contributed by atoms with van der Waals surface area (Å²) in [4.78, 5) is 15.3. The van der Waals surface area contributed by atoms with Gasteiger partial charge in [-0.3, -0.25) is 14.3 Å². The van der Waals surface area contributed by atoms with Gasteiger partial charge >= 0.3 is 0 Å². The van der Waals surface area contributed by atoms with E-state index in [1.54, 1.807) is 19.2 Å². The van der Waals surface area contributed by atoms with Crippen LogP contribution >= 0.6 is 11.8 Å². The molecule has 5 rings (SSSR count). The third kappa shape index (κ3) is 4.43. The summed E-state index contributed by atoms with van der Waals surface area (Å²) in [5.41, 5.74) is 1.37. The highest BCUT2D eigenvalue weighted by molar-refractivity contribution is 7.98. The molecule has 1 fully saturated rings. The van der Waals surface area contributed by atoms with Crippen LogP contribution in [-0.2, 0) is 5.88 Å². The number of likely N-dealkylation sites (tertiary alicyclic amines) is 1. The average molecular weight is 478 g/mol. The smallest absolute Gasteiger partial charge is 0.278 e. The minimum Gasteiger partial charge on any atom is -0.497 e. The lowest BCUT2D eigenvalue weighted by Crippen LogP contribution is -2.33. The van der Waals surface area contributed by atoms with E-state index in [2.05, 4.69) is 36.9 Å². The van der Waals surface area contributed by atoms with Crippen molar-refractivity contribution in [2.24, 2.45) is 0 Å². The van der Waals surface area contributed by atoms with Crippen LogP contribution in [-0.4, -0.2) is 54.9 Å². The summed E-state index contributed by atoms with van der Waals surface area (Å²) in [6.07, 6.45) is 3.68. The van der Waals surface area contributed by atoms with Crippen molar-refractivity contribution in [2.75, 3.05) is 20.2 Å². The zero-order valence-electron chi connectivity index (χ0n) is 19.3. The number of fused-ring (bicyclic) bond motifs is 1. The maximum Gasteiger partial charge on any atom is 0.278 e. The Balaban J connectivity index is 1.48. The maximum atomic E-state index is 12.9. The highest BCUT2D eigenvalue weighted by Crippen LogP contribution is 2.30. The minimum absolute atomic E-state index is 0.118. The van der Waals surface area contributed by atoms with Crippen molar-refractivity contribution in [2.45, 2.75) is 43.3 Å². The van der Waals surface area contributed by atoms with Crippen molar-refractivity contribution < 1.29 is 4.74 Å². The monoisotopic (exact) mass is 477 g/mol. The van der Waals surface area contributed by atoms with Crippen LogP contribution in [0.1, 0.15) is 38.1 Å². The predicted octanol–water partition coefficient (Wildman–Crippen LogP) is 3.68. The molecule has 0 radical (unpaired) electrons. The number of benzene rings is 2. The molecule has 0 aliphatic carbocycles. The molecule has 0 amide bonds. The Morgan fingerprint density at radius 3 is 2.53 bits per heavy atom. The molecule has 0 bridgehead atoms. The van der Waals surface area contributed by atoms with Gasteiger partial charge in [0.05, 0.1) is 24.4 Å². The summed E-state index contributed by atoms with van der Waals surface area (Å²) < 4.78 is 8.78. The fourth-order valence-corrected chi connectivity index (χ4v) is 5.15. The standard InChI is InChI=1S/C24H27N7O2S/c1-17(29-14-6-3-7-15-29)22-26-27-24(31(22)18-10-12-19(33-2)13-11-18)34-16-30-23(32)20-8-4-5-9-21(20)25-28-30/h4-5,8-13,17H,3,6-7,14-16H2,1-2H3/t17-/m1/s1. The van der Waals surface area contributed by atoms with E-state index in [1.165, 1.54) is 35.7 Å². The van der Waals surface area contributed by atoms with E-state index in [1.807, 2.05) is 36.4 Å².